The maximum atomic E-state index is 12.0. The maximum absolute atomic E-state index is 12.0. The summed E-state index contributed by atoms with van der Waals surface area (Å²) in [6.45, 7) is 2.94. The fraction of sp³-hybridized carbons (Fsp3) is 0.467. The SMILES string of the molecule is O=C(NCCn1ccnc1)N[C@@H]1CCCN(c2ncccn2)C1. The Hall–Kier alpha value is -2.64. The molecule has 2 aromatic heterocycles. The molecule has 1 fully saturated rings. The van der Waals surface area contributed by atoms with E-state index in [1.54, 1.807) is 31.0 Å². The second-order valence-electron chi connectivity index (χ2n) is 5.53. The molecule has 8 heteroatoms. The molecule has 2 N–H and O–H groups in total. The summed E-state index contributed by atoms with van der Waals surface area (Å²) in [5, 5.41) is 5.90. The van der Waals surface area contributed by atoms with Gasteiger partial charge in [-0.1, -0.05) is 0 Å². The number of carbonyl (C=O) groups is 1. The summed E-state index contributed by atoms with van der Waals surface area (Å²) < 4.78 is 1.93. The number of aromatic nitrogens is 4. The lowest BCUT2D eigenvalue weighted by atomic mass is 10.1. The number of anilines is 1. The van der Waals surface area contributed by atoms with E-state index in [-0.39, 0.29) is 12.1 Å². The van der Waals surface area contributed by atoms with Gasteiger partial charge in [0.15, 0.2) is 0 Å². The summed E-state index contributed by atoms with van der Waals surface area (Å²) in [5.41, 5.74) is 0. The monoisotopic (exact) mass is 315 g/mol. The molecule has 8 nitrogen and oxygen atoms in total. The van der Waals surface area contributed by atoms with Gasteiger partial charge in [0, 0.05) is 57.0 Å². The van der Waals surface area contributed by atoms with Gasteiger partial charge >= 0.3 is 6.03 Å². The van der Waals surface area contributed by atoms with Gasteiger partial charge in [0.05, 0.1) is 6.33 Å². The zero-order chi connectivity index (χ0) is 15.9. The topological polar surface area (TPSA) is 88.0 Å². The van der Waals surface area contributed by atoms with E-state index in [0.29, 0.717) is 13.1 Å². The molecule has 2 aromatic rings. The van der Waals surface area contributed by atoms with Crippen molar-refractivity contribution in [1.29, 1.82) is 0 Å². The van der Waals surface area contributed by atoms with E-state index in [0.717, 1.165) is 31.9 Å². The van der Waals surface area contributed by atoms with Gasteiger partial charge in [-0.2, -0.15) is 0 Å². The van der Waals surface area contributed by atoms with E-state index < -0.39 is 0 Å². The predicted molar refractivity (Wildman–Crippen MR) is 86.0 cm³/mol. The fourth-order valence-corrected chi connectivity index (χ4v) is 2.69. The van der Waals surface area contributed by atoms with Crippen LogP contribution in [0.1, 0.15) is 12.8 Å². The molecule has 3 rings (SSSR count). The molecular weight excluding hydrogens is 294 g/mol. The lowest BCUT2D eigenvalue weighted by Gasteiger charge is -2.33. The number of nitrogens with zero attached hydrogens (tertiary/aromatic N) is 5. The molecule has 1 aliphatic rings. The minimum absolute atomic E-state index is 0.112. The summed E-state index contributed by atoms with van der Waals surface area (Å²) in [7, 11) is 0. The van der Waals surface area contributed by atoms with Crippen molar-refractivity contribution in [3.63, 3.8) is 0 Å². The van der Waals surface area contributed by atoms with Crippen molar-refractivity contribution in [3.05, 3.63) is 37.2 Å². The van der Waals surface area contributed by atoms with Gasteiger partial charge < -0.3 is 20.1 Å². The van der Waals surface area contributed by atoms with Crippen LogP contribution in [0.15, 0.2) is 37.2 Å². The zero-order valence-electron chi connectivity index (χ0n) is 12.9. The summed E-state index contributed by atoms with van der Waals surface area (Å²) in [6.07, 6.45) is 10.8. The molecule has 0 unspecified atom stereocenters. The molecule has 1 atom stereocenters. The highest BCUT2D eigenvalue weighted by Gasteiger charge is 2.22. The van der Waals surface area contributed by atoms with Gasteiger partial charge in [-0.05, 0) is 18.9 Å². The first-order valence-electron chi connectivity index (χ1n) is 7.83. The van der Waals surface area contributed by atoms with Gasteiger partial charge in [0.2, 0.25) is 5.95 Å². The molecule has 1 saturated heterocycles. The third-order valence-electron chi connectivity index (χ3n) is 3.81. The van der Waals surface area contributed by atoms with Crippen molar-refractivity contribution >= 4 is 12.0 Å². The number of urea groups is 1. The summed E-state index contributed by atoms with van der Waals surface area (Å²) in [5.74, 6) is 0.722. The van der Waals surface area contributed by atoms with Crippen molar-refractivity contribution in [3.8, 4) is 0 Å². The van der Waals surface area contributed by atoms with Gasteiger partial charge in [-0.15, -0.1) is 0 Å². The van der Waals surface area contributed by atoms with E-state index in [2.05, 4.69) is 30.5 Å². The molecular formula is C15H21N7O. The van der Waals surface area contributed by atoms with Crippen LogP contribution in [0.4, 0.5) is 10.7 Å². The Kier molecular flexibility index (Phi) is 5.02. The van der Waals surface area contributed by atoms with E-state index in [9.17, 15) is 4.79 Å². The van der Waals surface area contributed by atoms with Crippen LogP contribution < -0.4 is 15.5 Å². The number of imidazole rings is 1. The van der Waals surface area contributed by atoms with Crippen molar-refractivity contribution in [1.82, 2.24) is 30.2 Å². The number of piperidine rings is 1. The van der Waals surface area contributed by atoms with Gasteiger partial charge in [0.25, 0.3) is 0 Å². The Morgan fingerprint density at radius 2 is 2.17 bits per heavy atom. The minimum Gasteiger partial charge on any atom is -0.339 e. The molecule has 0 aromatic carbocycles. The largest absolute Gasteiger partial charge is 0.339 e. The second-order valence-corrected chi connectivity index (χ2v) is 5.53. The van der Waals surface area contributed by atoms with Crippen molar-refractivity contribution < 1.29 is 4.79 Å². The van der Waals surface area contributed by atoms with Crippen molar-refractivity contribution in [2.45, 2.75) is 25.4 Å². The number of nitrogens with one attached hydrogen (secondary N) is 2. The molecule has 1 aliphatic heterocycles. The lowest BCUT2D eigenvalue weighted by molar-refractivity contribution is 0.234. The Labute approximate surface area is 135 Å². The van der Waals surface area contributed by atoms with Gasteiger partial charge in [-0.25, -0.2) is 19.7 Å². The highest BCUT2D eigenvalue weighted by molar-refractivity contribution is 5.74. The quantitative estimate of drug-likeness (QED) is 0.845. The molecule has 0 aliphatic carbocycles. The van der Waals surface area contributed by atoms with Crippen LogP contribution in [0.25, 0.3) is 0 Å². The number of carbonyl (C=O) groups excluding carboxylic acids is 1. The summed E-state index contributed by atoms with van der Waals surface area (Å²) in [4.78, 5) is 26.6. The number of hydrogen-bond acceptors (Lipinski definition) is 5. The molecule has 3 heterocycles. The molecule has 2 amide bonds. The molecule has 122 valence electrons. The van der Waals surface area contributed by atoms with E-state index >= 15 is 0 Å². The minimum atomic E-state index is -0.133. The van der Waals surface area contributed by atoms with Crippen LogP contribution >= 0.6 is 0 Å². The zero-order valence-corrected chi connectivity index (χ0v) is 12.9. The molecule has 23 heavy (non-hydrogen) atoms. The molecule has 0 saturated carbocycles. The fourth-order valence-electron chi connectivity index (χ4n) is 2.69. The normalized spacial score (nSPS) is 17.7. The second kappa shape index (κ2) is 7.57. The number of rotatable bonds is 5. The first-order chi connectivity index (χ1) is 11.3. The number of hydrogen-bond donors (Lipinski definition) is 2. The van der Waals surface area contributed by atoms with Crippen LogP contribution in [0.3, 0.4) is 0 Å². The first kappa shape index (κ1) is 15.3. The van der Waals surface area contributed by atoms with Crippen molar-refractivity contribution in [2.75, 3.05) is 24.5 Å². The average molecular weight is 315 g/mol. The van der Waals surface area contributed by atoms with E-state index in [1.165, 1.54) is 0 Å². The summed E-state index contributed by atoms with van der Waals surface area (Å²) >= 11 is 0. The van der Waals surface area contributed by atoms with Gasteiger partial charge in [-0.3, -0.25) is 0 Å². The third-order valence-corrected chi connectivity index (χ3v) is 3.81. The highest BCUT2D eigenvalue weighted by Crippen LogP contribution is 2.15. The van der Waals surface area contributed by atoms with E-state index in [4.69, 9.17) is 0 Å². The first-order valence-corrected chi connectivity index (χ1v) is 7.83. The average Bonchev–Trinajstić information content (AvgIpc) is 3.09. The maximum Gasteiger partial charge on any atom is 0.315 e. The summed E-state index contributed by atoms with van der Waals surface area (Å²) in [6, 6.07) is 1.78. The Bertz CT molecular complexity index is 602. The number of amides is 2. The highest BCUT2D eigenvalue weighted by atomic mass is 16.2. The lowest BCUT2D eigenvalue weighted by Crippen LogP contribution is -2.51. The van der Waals surface area contributed by atoms with Gasteiger partial charge in [0.1, 0.15) is 0 Å². The van der Waals surface area contributed by atoms with E-state index in [1.807, 2.05) is 10.8 Å². The van der Waals surface area contributed by atoms with Crippen LogP contribution in [0.2, 0.25) is 0 Å². The standard InChI is InChI=1S/C15H21N7O/c23-15(19-7-10-21-9-6-16-12-21)20-13-3-1-8-22(11-13)14-17-4-2-5-18-14/h2,4-6,9,12-13H,1,3,7-8,10-11H2,(H2,19,20,23)/t13-/m1/s1. The van der Waals surface area contributed by atoms with Crippen LogP contribution in [0.5, 0.6) is 0 Å². The Morgan fingerprint density at radius 3 is 2.96 bits per heavy atom. The van der Waals surface area contributed by atoms with Crippen LogP contribution in [-0.4, -0.2) is 51.2 Å². The smallest absolute Gasteiger partial charge is 0.315 e. The Balaban J connectivity index is 1.43. The van der Waals surface area contributed by atoms with Crippen LogP contribution in [0, 0.1) is 0 Å². The third kappa shape index (κ3) is 4.41. The Morgan fingerprint density at radius 1 is 1.30 bits per heavy atom. The predicted octanol–water partition coefficient (Wildman–Crippen LogP) is 0.641. The van der Waals surface area contributed by atoms with Crippen LogP contribution in [-0.2, 0) is 6.54 Å². The molecule has 0 radical (unpaired) electrons. The molecule has 0 bridgehead atoms. The van der Waals surface area contributed by atoms with Crippen molar-refractivity contribution in [2.24, 2.45) is 0 Å². The molecule has 0 spiro atoms.